The zero-order chi connectivity index (χ0) is 18.2. The van der Waals surface area contributed by atoms with Crippen molar-refractivity contribution in [2.24, 2.45) is 17.8 Å². The zero-order valence-electron chi connectivity index (χ0n) is 15.9. The fourth-order valence-electron chi connectivity index (χ4n) is 5.09. The molecule has 0 radical (unpaired) electrons. The van der Waals surface area contributed by atoms with Crippen LogP contribution in [0.1, 0.15) is 87.7 Å². The summed E-state index contributed by atoms with van der Waals surface area (Å²) >= 11 is 0. The maximum Gasteiger partial charge on any atom is 0.0991 e. The number of nitrogens with zero attached hydrogens (tertiary/aromatic N) is 1. The van der Waals surface area contributed by atoms with Gasteiger partial charge in [0.25, 0.3) is 0 Å². The molecule has 0 aliphatic heterocycles. The lowest BCUT2D eigenvalue weighted by atomic mass is 9.74. The number of benzene rings is 1. The van der Waals surface area contributed by atoms with Crippen LogP contribution in [0.4, 0.5) is 4.39 Å². The van der Waals surface area contributed by atoms with Gasteiger partial charge in [-0.25, -0.2) is 4.39 Å². The van der Waals surface area contributed by atoms with Gasteiger partial charge in [-0.15, -0.1) is 0 Å². The highest BCUT2D eigenvalue weighted by molar-refractivity contribution is 5.33. The van der Waals surface area contributed by atoms with Gasteiger partial charge in [0.1, 0.15) is 0 Å². The highest BCUT2D eigenvalue weighted by atomic mass is 19.1. The highest BCUT2D eigenvalue weighted by Gasteiger charge is 2.25. The van der Waals surface area contributed by atoms with E-state index in [-0.39, 0.29) is 0 Å². The van der Waals surface area contributed by atoms with Crippen molar-refractivity contribution in [1.29, 1.82) is 5.26 Å². The van der Waals surface area contributed by atoms with Crippen LogP contribution in [-0.2, 0) is 0 Å². The Morgan fingerprint density at radius 1 is 0.846 bits per heavy atom. The van der Waals surface area contributed by atoms with E-state index in [1.165, 1.54) is 69.8 Å². The molecule has 1 aromatic rings. The van der Waals surface area contributed by atoms with E-state index in [9.17, 15) is 4.39 Å². The molecule has 1 nitrogen and oxygen atoms in total. The van der Waals surface area contributed by atoms with Gasteiger partial charge in [-0.1, -0.05) is 43.9 Å². The first-order valence-corrected chi connectivity index (χ1v) is 10.5. The Hall–Kier alpha value is -1.62. The third kappa shape index (κ3) is 5.44. The molecule has 0 amide bonds. The van der Waals surface area contributed by atoms with Gasteiger partial charge in [-0.05, 0) is 86.3 Å². The number of hydrogen-bond acceptors (Lipinski definition) is 1. The second kappa shape index (κ2) is 9.91. The molecule has 140 valence electrons. The lowest BCUT2D eigenvalue weighted by Crippen LogP contribution is -2.17. The summed E-state index contributed by atoms with van der Waals surface area (Å²) in [4.78, 5) is 0. The molecule has 2 fully saturated rings. The number of allylic oxidation sites excluding steroid dienone is 1. The van der Waals surface area contributed by atoms with Crippen molar-refractivity contribution in [2.45, 2.75) is 76.5 Å². The molecule has 0 bridgehead atoms. The van der Waals surface area contributed by atoms with E-state index in [1.54, 1.807) is 6.08 Å². The third-order valence-electron chi connectivity index (χ3n) is 6.87. The first-order chi connectivity index (χ1) is 12.8. The summed E-state index contributed by atoms with van der Waals surface area (Å²) < 4.78 is 12.1. The van der Waals surface area contributed by atoms with Crippen LogP contribution in [0.15, 0.2) is 36.7 Å². The molecule has 0 unspecified atom stereocenters. The Bertz CT molecular complexity index is 596. The minimum Gasteiger partial charge on any atom is -0.216 e. The average molecular weight is 354 g/mol. The Labute approximate surface area is 158 Å². The summed E-state index contributed by atoms with van der Waals surface area (Å²) in [5.74, 6) is 3.24. The third-order valence-corrected chi connectivity index (χ3v) is 6.87. The van der Waals surface area contributed by atoms with Crippen LogP contribution in [0.3, 0.4) is 0 Å². The van der Waals surface area contributed by atoms with Crippen molar-refractivity contribution in [3.05, 3.63) is 47.8 Å². The summed E-state index contributed by atoms with van der Waals surface area (Å²) in [6, 6.07) is 10.4. The van der Waals surface area contributed by atoms with E-state index in [1.807, 2.05) is 12.1 Å². The normalized spacial score (nSPS) is 29.5. The Morgan fingerprint density at radius 2 is 1.38 bits per heavy atom. The molecule has 3 rings (SSSR count). The van der Waals surface area contributed by atoms with Crippen LogP contribution in [0.25, 0.3) is 0 Å². The van der Waals surface area contributed by atoms with Crippen molar-refractivity contribution >= 4 is 0 Å². The van der Waals surface area contributed by atoms with Crippen LogP contribution < -0.4 is 0 Å². The molecule has 2 aliphatic carbocycles. The van der Waals surface area contributed by atoms with Crippen molar-refractivity contribution in [3.8, 4) is 6.07 Å². The van der Waals surface area contributed by atoms with Crippen molar-refractivity contribution in [1.82, 2.24) is 0 Å². The van der Waals surface area contributed by atoms with Crippen LogP contribution in [0.2, 0.25) is 0 Å². The predicted octanol–water partition coefficient (Wildman–Crippen LogP) is 7.29. The minimum absolute atomic E-state index is 0.693. The van der Waals surface area contributed by atoms with Crippen LogP contribution in [0, 0.1) is 29.1 Å². The summed E-state index contributed by atoms with van der Waals surface area (Å²) in [6.45, 7) is 0. The van der Waals surface area contributed by atoms with Gasteiger partial charge in [0, 0.05) is 0 Å². The molecule has 0 spiro atoms. The van der Waals surface area contributed by atoms with E-state index in [0.717, 1.165) is 29.7 Å². The Kier molecular flexibility index (Phi) is 7.30. The maximum absolute atomic E-state index is 12.1. The number of rotatable bonds is 6. The summed E-state index contributed by atoms with van der Waals surface area (Å²) in [5.41, 5.74) is 2.18. The molecule has 2 aliphatic rings. The first kappa shape index (κ1) is 19.2. The van der Waals surface area contributed by atoms with Crippen molar-refractivity contribution < 1.29 is 4.39 Å². The molecule has 2 heteroatoms. The Morgan fingerprint density at radius 3 is 1.92 bits per heavy atom. The topological polar surface area (TPSA) is 23.8 Å². The Balaban J connectivity index is 1.35. The van der Waals surface area contributed by atoms with Crippen LogP contribution in [0.5, 0.6) is 0 Å². The zero-order valence-corrected chi connectivity index (χ0v) is 15.9. The number of halogens is 1. The van der Waals surface area contributed by atoms with E-state index in [0.29, 0.717) is 12.2 Å². The van der Waals surface area contributed by atoms with Gasteiger partial charge in [-0.3, -0.25) is 0 Å². The second-order valence-electron chi connectivity index (χ2n) is 8.51. The van der Waals surface area contributed by atoms with Gasteiger partial charge in [0.05, 0.1) is 18.0 Å². The summed E-state index contributed by atoms with van der Waals surface area (Å²) in [6.07, 6.45) is 16.8. The van der Waals surface area contributed by atoms with Crippen molar-refractivity contribution in [3.63, 3.8) is 0 Å². The van der Waals surface area contributed by atoms with Gasteiger partial charge >= 0.3 is 0 Å². The summed E-state index contributed by atoms with van der Waals surface area (Å²) in [7, 11) is 0. The standard InChI is InChI=1S/C24H32FN/c25-17-1-2-19-3-5-20(6-4-19)7-8-21-9-13-23(14-10-21)24-15-11-22(18-26)12-16-24/h1,11-12,15-17,19-21,23H,2-10,13-14H2/b17-1+/t19-,20-,21-,23-. The van der Waals surface area contributed by atoms with Gasteiger partial charge < -0.3 is 0 Å². The number of nitriles is 1. The summed E-state index contributed by atoms with van der Waals surface area (Å²) in [5, 5.41) is 8.92. The van der Waals surface area contributed by atoms with E-state index in [2.05, 4.69) is 18.2 Å². The average Bonchev–Trinajstić information content (AvgIpc) is 2.72. The van der Waals surface area contributed by atoms with Gasteiger partial charge in [0.2, 0.25) is 0 Å². The fraction of sp³-hybridized carbons (Fsp3) is 0.625. The van der Waals surface area contributed by atoms with E-state index < -0.39 is 0 Å². The molecule has 26 heavy (non-hydrogen) atoms. The SMILES string of the molecule is N#Cc1ccc([C@H]2CC[C@H](CC[C@H]3CC[C@H](C/C=C/F)CC3)CC2)cc1. The molecule has 0 aromatic heterocycles. The second-order valence-corrected chi connectivity index (χ2v) is 8.51. The van der Waals surface area contributed by atoms with Gasteiger partial charge in [0.15, 0.2) is 0 Å². The predicted molar refractivity (Wildman–Crippen MR) is 105 cm³/mol. The fourth-order valence-corrected chi connectivity index (χ4v) is 5.09. The van der Waals surface area contributed by atoms with E-state index in [4.69, 9.17) is 5.26 Å². The van der Waals surface area contributed by atoms with Crippen LogP contribution >= 0.6 is 0 Å². The quantitative estimate of drug-likeness (QED) is 0.526. The maximum atomic E-state index is 12.1. The molecule has 2 saturated carbocycles. The molecule has 0 N–H and O–H groups in total. The van der Waals surface area contributed by atoms with Gasteiger partial charge in [-0.2, -0.15) is 5.26 Å². The molecular formula is C24H32FN. The molecule has 0 saturated heterocycles. The smallest absolute Gasteiger partial charge is 0.0991 e. The lowest BCUT2D eigenvalue weighted by Gasteiger charge is -2.32. The largest absolute Gasteiger partial charge is 0.216 e. The highest BCUT2D eigenvalue weighted by Crippen LogP contribution is 2.40. The minimum atomic E-state index is 0.693. The molecule has 1 aromatic carbocycles. The number of hydrogen-bond donors (Lipinski definition) is 0. The van der Waals surface area contributed by atoms with Crippen molar-refractivity contribution in [2.75, 3.05) is 0 Å². The molecule has 0 heterocycles. The van der Waals surface area contributed by atoms with Crippen LogP contribution in [-0.4, -0.2) is 0 Å². The molecule has 0 atom stereocenters. The van der Waals surface area contributed by atoms with E-state index >= 15 is 0 Å². The lowest BCUT2D eigenvalue weighted by molar-refractivity contribution is 0.231. The first-order valence-electron chi connectivity index (χ1n) is 10.5. The monoisotopic (exact) mass is 353 g/mol. The molecular weight excluding hydrogens is 321 g/mol.